The average molecular weight is 433 g/mol. The molecule has 5 nitrogen and oxygen atoms in total. The molecule has 3 aliphatic rings. The first-order chi connectivity index (χ1) is 14.3. The van der Waals surface area contributed by atoms with Gasteiger partial charge in [-0.15, -0.1) is 0 Å². The topological polar surface area (TPSA) is 58.1 Å². The molecule has 2 heterocycles. The van der Waals surface area contributed by atoms with Gasteiger partial charge in [-0.3, -0.25) is 4.79 Å². The Kier molecular flexibility index (Phi) is 6.57. The van der Waals surface area contributed by atoms with Crippen molar-refractivity contribution in [1.82, 2.24) is 15.3 Å². The minimum absolute atomic E-state index is 0.190. The highest BCUT2D eigenvalue weighted by Crippen LogP contribution is 2.40. The second-order valence-corrected chi connectivity index (χ2v) is 10.9. The van der Waals surface area contributed by atoms with Crippen LogP contribution < -0.4 is 10.2 Å². The summed E-state index contributed by atoms with van der Waals surface area (Å²) in [6, 6.07) is 0.286. The third-order valence-electron chi connectivity index (χ3n) is 7.66. The fourth-order valence-corrected chi connectivity index (χ4v) is 6.44. The molecule has 1 N–H and O–H groups in total. The maximum Gasteiger partial charge on any atom is 0.224 e. The van der Waals surface area contributed by atoms with Gasteiger partial charge in [0.25, 0.3) is 0 Å². The highest BCUT2D eigenvalue weighted by atomic mass is 35.5. The second kappa shape index (κ2) is 9.02. The number of rotatable bonds is 4. The van der Waals surface area contributed by atoms with E-state index in [2.05, 4.69) is 47.9 Å². The minimum Gasteiger partial charge on any atom is -0.356 e. The van der Waals surface area contributed by atoms with Gasteiger partial charge in [0.05, 0.1) is 0 Å². The lowest BCUT2D eigenvalue weighted by atomic mass is 9.75. The van der Waals surface area contributed by atoms with Crippen LogP contribution in [-0.2, 0) is 4.79 Å². The smallest absolute Gasteiger partial charge is 0.224 e. The molecule has 1 aromatic heterocycles. The Bertz CT molecular complexity index is 760. The largest absolute Gasteiger partial charge is 0.356 e. The number of anilines is 1. The number of hydrogen-bond donors (Lipinski definition) is 1. The number of nitrogens with zero attached hydrogens (tertiary/aromatic N) is 3. The summed E-state index contributed by atoms with van der Waals surface area (Å²) < 4.78 is 0. The van der Waals surface area contributed by atoms with E-state index in [-0.39, 0.29) is 12.0 Å². The maximum atomic E-state index is 13.1. The summed E-state index contributed by atoms with van der Waals surface area (Å²) in [6.07, 6.45) is 8.75. The molecule has 5 unspecified atom stereocenters. The summed E-state index contributed by atoms with van der Waals surface area (Å²) in [5.41, 5.74) is 1.16. The van der Waals surface area contributed by atoms with E-state index in [0.717, 1.165) is 43.7 Å². The molecule has 1 aliphatic heterocycles. The normalized spacial score (nSPS) is 34.1. The summed E-state index contributed by atoms with van der Waals surface area (Å²) in [5, 5.41) is 3.81. The van der Waals surface area contributed by atoms with E-state index in [4.69, 9.17) is 11.6 Å². The molecular weight excluding hydrogens is 396 g/mol. The Morgan fingerprint density at radius 2 is 1.90 bits per heavy atom. The number of amides is 1. The van der Waals surface area contributed by atoms with Crippen molar-refractivity contribution in [3.63, 3.8) is 0 Å². The molecular formula is C24H37ClN4O. The van der Waals surface area contributed by atoms with Crippen LogP contribution in [0.2, 0.25) is 5.28 Å². The highest BCUT2D eigenvalue weighted by molar-refractivity contribution is 6.28. The summed E-state index contributed by atoms with van der Waals surface area (Å²) in [7, 11) is 0. The maximum absolute atomic E-state index is 13.1. The van der Waals surface area contributed by atoms with Gasteiger partial charge in [-0.25, -0.2) is 9.97 Å². The first-order valence-electron chi connectivity index (χ1n) is 11.9. The Balaban J connectivity index is 1.46. The molecule has 0 bridgehead atoms. The minimum atomic E-state index is 0.190. The molecule has 3 fully saturated rings. The number of aromatic nitrogens is 2. The van der Waals surface area contributed by atoms with Gasteiger partial charge in [0.2, 0.25) is 11.2 Å². The number of fused-ring (bicyclic) bond motifs is 1. The lowest BCUT2D eigenvalue weighted by molar-refractivity contribution is -0.128. The van der Waals surface area contributed by atoms with Gasteiger partial charge in [-0.2, -0.15) is 0 Å². The van der Waals surface area contributed by atoms with Crippen molar-refractivity contribution in [2.75, 3.05) is 18.0 Å². The molecule has 2 saturated carbocycles. The number of hydrogen-bond acceptors (Lipinski definition) is 4. The zero-order valence-electron chi connectivity index (χ0n) is 18.9. The molecule has 5 atom stereocenters. The Morgan fingerprint density at radius 1 is 1.17 bits per heavy atom. The summed E-state index contributed by atoms with van der Waals surface area (Å²) in [5.74, 6) is 4.24. The molecule has 0 spiro atoms. The van der Waals surface area contributed by atoms with Crippen molar-refractivity contribution in [2.24, 2.45) is 29.6 Å². The van der Waals surface area contributed by atoms with Crippen LogP contribution in [0.1, 0.15) is 77.7 Å². The van der Waals surface area contributed by atoms with Crippen LogP contribution in [0.15, 0.2) is 6.20 Å². The fraction of sp³-hybridized carbons (Fsp3) is 0.792. The molecule has 0 radical (unpaired) electrons. The molecule has 166 valence electrons. The van der Waals surface area contributed by atoms with Crippen molar-refractivity contribution in [1.29, 1.82) is 0 Å². The number of carbonyl (C=O) groups excluding carboxylic acids is 1. The molecule has 1 saturated heterocycles. The Labute approximate surface area is 186 Å². The molecule has 1 aromatic rings. The predicted octanol–water partition coefficient (Wildman–Crippen LogP) is 5.05. The standard InChI is InChI=1S/C24H37ClN4O/c1-14(2)19-11-26-24(25)28-22(19)29-12-17-6-5-7-21(20(17)13-29)27-23(30)18-9-15(3)8-16(4)10-18/h11,14-18,20-21H,5-10,12-13H2,1-4H3,(H,27,30). The van der Waals surface area contributed by atoms with Gasteiger partial charge >= 0.3 is 0 Å². The van der Waals surface area contributed by atoms with Gasteiger partial charge in [0.15, 0.2) is 0 Å². The van der Waals surface area contributed by atoms with Gasteiger partial charge in [0.1, 0.15) is 5.82 Å². The number of nitrogens with one attached hydrogen (secondary N) is 1. The Hall–Kier alpha value is -1.36. The lowest BCUT2D eigenvalue weighted by Gasteiger charge is -2.36. The van der Waals surface area contributed by atoms with Crippen molar-refractivity contribution >= 4 is 23.3 Å². The first kappa shape index (κ1) is 21.9. The summed E-state index contributed by atoms with van der Waals surface area (Å²) in [6.45, 7) is 10.9. The van der Waals surface area contributed by atoms with Crippen molar-refractivity contribution in [3.8, 4) is 0 Å². The van der Waals surface area contributed by atoms with E-state index >= 15 is 0 Å². The Morgan fingerprint density at radius 3 is 2.60 bits per heavy atom. The summed E-state index contributed by atoms with van der Waals surface area (Å²) in [4.78, 5) is 24.3. The van der Waals surface area contributed by atoms with Gasteiger partial charge in [-0.1, -0.05) is 34.1 Å². The third-order valence-corrected chi connectivity index (χ3v) is 7.85. The van der Waals surface area contributed by atoms with Gasteiger partial charge < -0.3 is 10.2 Å². The van der Waals surface area contributed by atoms with Crippen LogP contribution >= 0.6 is 11.6 Å². The van der Waals surface area contributed by atoms with Crippen molar-refractivity contribution in [2.45, 2.75) is 78.2 Å². The first-order valence-corrected chi connectivity index (χ1v) is 12.3. The average Bonchev–Trinajstić information content (AvgIpc) is 3.12. The van der Waals surface area contributed by atoms with E-state index in [1.54, 1.807) is 0 Å². The highest BCUT2D eigenvalue weighted by Gasteiger charge is 2.42. The monoisotopic (exact) mass is 432 g/mol. The summed E-state index contributed by atoms with van der Waals surface area (Å²) >= 11 is 6.15. The zero-order chi connectivity index (χ0) is 21.4. The van der Waals surface area contributed by atoms with Crippen LogP contribution in [0.4, 0.5) is 5.82 Å². The zero-order valence-corrected chi connectivity index (χ0v) is 19.7. The predicted molar refractivity (Wildman–Crippen MR) is 122 cm³/mol. The molecule has 1 amide bonds. The van der Waals surface area contributed by atoms with E-state index < -0.39 is 0 Å². The van der Waals surface area contributed by atoms with E-state index in [0.29, 0.717) is 40.8 Å². The fourth-order valence-electron chi connectivity index (χ4n) is 6.31. The van der Waals surface area contributed by atoms with E-state index in [1.807, 2.05) is 6.20 Å². The molecule has 30 heavy (non-hydrogen) atoms. The quantitative estimate of drug-likeness (QED) is 0.676. The van der Waals surface area contributed by atoms with Crippen LogP contribution in [-0.4, -0.2) is 35.0 Å². The van der Waals surface area contributed by atoms with Crippen molar-refractivity contribution < 1.29 is 4.79 Å². The number of halogens is 1. The third kappa shape index (κ3) is 4.61. The van der Waals surface area contributed by atoms with Crippen LogP contribution in [0.3, 0.4) is 0 Å². The second-order valence-electron chi connectivity index (χ2n) is 10.6. The molecule has 0 aromatic carbocycles. The van der Waals surface area contributed by atoms with Gasteiger partial charge in [-0.05, 0) is 67.4 Å². The van der Waals surface area contributed by atoms with E-state index in [9.17, 15) is 4.79 Å². The van der Waals surface area contributed by atoms with Crippen LogP contribution in [0, 0.1) is 29.6 Å². The van der Waals surface area contributed by atoms with Crippen molar-refractivity contribution in [3.05, 3.63) is 17.0 Å². The number of carbonyl (C=O) groups is 1. The molecule has 4 rings (SSSR count). The molecule has 2 aliphatic carbocycles. The van der Waals surface area contributed by atoms with Gasteiger partial charge in [0, 0.05) is 42.7 Å². The van der Waals surface area contributed by atoms with Crippen LogP contribution in [0.25, 0.3) is 0 Å². The SMILES string of the molecule is CC1CC(C)CC(C(=O)NC2CCCC3CN(c4nc(Cl)ncc4C(C)C)CC32)C1. The molecule has 6 heteroatoms. The van der Waals surface area contributed by atoms with E-state index in [1.165, 1.54) is 19.3 Å². The van der Waals surface area contributed by atoms with Crippen LogP contribution in [0.5, 0.6) is 0 Å². The lowest BCUT2D eigenvalue weighted by Crippen LogP contribution is -2.48.